The minimum absolute atomic E-state index is 0.908. The number of rotatable bonds is 3. The van der Waals surface area contributed by atoms with Crippen LogP contribution in [0.3, 0.4) is 0 Å². The van der Waals surface area contributed by atoms with E-state index in [1.54, 1.807) is 6.20 Å². The van der Waals surface area contributed by atoms with Crippen molar-refractivity contribution in [1.29, 1.82) is 0 Å². The van der Waals surface area contributed by atoms with Crippen LogP contribution in [0.15, 0.2) is 48.9 Å². The van der Waals surface area contributed by atoms with Crippen LogP contribution in [0.2, 0.25) is 0 Å². The lowest BCUT2D eigenvalue weighted by Crippen LogP contribution is -2.01. The molecule has 2 heteroatoms. The maximum Gasteiger partial charge on any atom is 0.0475 e. The van der Waals surface area contributed by atoms with E-state index in [1.165, 1.54) is 11.5 Å². The molecule has 0 saturated carbocycles. The Balaban J connectivity index is 2.08. The number of hydrogen-bond acceptors (Lipinski definition) is 2. The molecule has 15 heavy (non-hydrogen) atoms. The van der Waals surface area contributed by atoms with Crippen molar-refractivity contribution < 1.29 is 0 Å². The van der Waals surface area contributed by atoms with Crippen molar-refractivity contribution in [3.8, 4) is 0 Å². The first kappa shape index (κ1) is 9.84. The van der Waals surface area contributed by atoms with Gasteiger partial charge in [-0.3, -0.25) is 9.97 Å². The molecule has 0 atom stereocenters. The molecule has 2 aromatic heterocycles. The minimum Gasteiger partial charge on any atom is -0.264 e. The van der Waals surface area contributed by atoms with Gasteiger partial charge in [-0.15, -0.1) is 0 Å². The molecule has 2 rings (SSSR count). The van der Waals surface area contributed by atoms with Gasteiger partial charge < -0.3 is 0 Å². The monoisotopic (exact) mass is 197 g/mol. The maximum atomic E-state index is 4.32. The van der Waals surface area contributed by atoms with E-state index in [-0.39, 0.29) is 0 Å². The van der Waals surface area contributed by atoms with Crippen LogP contribution >= 0.6 is 0 Å². The number of hydrogen-bond donors (Lipinski definition) is 0. The quantitative estimate of drug-likeness (QED) is 0.756. The van der Waals surface area contributed by atoms with Gasteiger partial charge >= 0.3 is 0 Å². The van der Waals surface area contributed by atoms with Gasteiger partial charge in [-0.1, -0.05) is 19.1 Å². The first-order valence-electron chi connectivity index (χ1n) is 4.99. The molecule has 0 spiro atoms. The van der Waals surface area contributed by atoms with Gasteiger partial charge in [0.25, 0.3) is 0 Å². The van der Waals surface area contributed by atoms with Crippen LogP contribution in [0.4, 0.5) is 0 Å². The SMILES string of the molecule is C[C](Cc1cccnc1)c1ccccn1. The van der Waals surface area contributed by atoms with Crippen molar-refractivity contribution in [2.45, 2.75) is 13.3 Å². The summed E-state index contributed by atoms with van der Waals surface area (Å²) in [6.07, 6.45) is 6.42. The summed E-state index contributed by atoms with van der Waals surface area (Å²) in [5.74, 6) is 1.27. The van der Waals surface area contributed by atoms with Crippen LogP contribution in [0.5, 0.6) is 0 Å². The molecule has 0 unspecified atom stereocenters. The Morgan fingerprint density at radius 3 is 2.73 bits per heavy atom. The Labute approximate surface area is 90.0 Å². The molecule has 0 saturated heterocycles. The highest BCUT2D eigenvalue weighted by atomic mass is 14.7. The molecule has 0 amide bonds. The summed E-state index contributed by atoms with van der Waals surface area (Å²) < 4.78 is 0. The predicted octanol–water partition coefficient (Wildman–Crippen LogP) is 2.66. The fourth-order valence-electron chi connectivity index (χ4n) is 1.51. The Bertz CT molecular complexity index is 397. The van der Waals surface area contributed by atoms with E-state index in [9.17, 15) is 0 Å². The fraction of sp³-hybridized carbons (Fsp3) is 0.154. The zero-order chi connectivity index (χ0) is 10.5. The molecule has 0 aliphatic heterocycles. The Morgan fingerprint density at radius 2 is 2.07 bits per heavy atom. The van der Waals surface area contributed by atoms with Crippen LogP contribution < -0.4 is 0 Å². The molecule has 2 nitrogen and oxygen atoms in total. The second-order valence-corrected chi connectivity index (χ2v) is 3.53. The number of nitrogens with zero attached hydrogens (tertiary/aromatic N) is 2. The van der Waals surface area contributed by atoms with Crippen LogP contribution in [0.25, 0.3) is 0 Å². The molecule has 75 valence electrons. The molecule has 0 aliphatic rings. The summed E-state index contributed by atoms with van der Waals surface area (Å²) in [6.45, 7) is 2.11. The van der Waals surface area contributed by atoms with Crippen LogP contribution in [0.1, 0.15) is 18.2 Å². The standard InChI is InChI=1S/C13H13N2/c1-11(13-6-2-3-8-15-13)9-12-5-4-7-14-10-12/h2-8,10H,9H2,1H3. The zero-order valence-corrected chi connectivity index (χ0v) is 8.72. The Kier molecular flexibility index (Phi) is 3.08. The first-order chi connectivity index (χ1) is 7.36. The first-order valence-corrected chi connectivity index (χ1v) is 4.99. The summed E-state index contributed by atoms with van der Waals surface area (Å²) >= 11 is 0. The maximum absolute atomic E-state index is 4.32. The molecule has 0 aromatic carbocycles. The lowest BCUT2D eigenvalue weighted by molar-refractivity contribution is 0.942. The highest BCUT2D eigenvalue weighted by Gasteiger charge is 2.07. The molecule has 2 aromatic rings. The third-order valence-corrected chi connectivity index (χ3v) is 2.29. The molecule has 0 bridgehead atoms. The minimum atomic E-state index is 0.908. The molecule has 1 radical (unpaired) electrons. The molecular weight excluding hydrogens is 184 g/mol. The summed E-state index contributed by atoms with van der Waals surface area (Å²) in [5, 5.41) is 0. The van der Waals surface area contributed by atoms with Gasteiger partial charge in [0.2, 0.25) is 0 Å². The van der Waals surface area contributed by atoms with Gasteiger partial charge in [-0.25, -0.2) is 0 Å². The summed E-state index contributed by atoms with van der Waals surface area (Å²) in [7, 11) is 0. The summed E-state index contributed by atoms with van der Waals surface area (Å²) in [6, 6.07) is 10.0. The third kappa shape index (κ3) is 2.62. The van der Waals surface area contributed by atoms with E-state index in [1.807, 2.05) is 36.7 Å². The van der Waals surface area contributed by atoms with Gasteiger partial charge in [0.05, 0.1) is 0 Å². The number of aromatic nitrogens is 2. The lowest BCUT2D eigenvalue weighted by atomic mass is 9.99. The van der Waals surface area contributed by atoms with Crippen LogP contribution in [0, 0.1) is 5.92 Å². The second kappa shape index (κ2) is 4.69. The Morgan fingerprint density at radius 1 is 1.13 bits per heavy atom. The van der Waals surface area contributed by atoms with Gasteiger partial charge in [0, 0.05) is 30.2 Å². The van der Waals surface area contributed by atoms with Gasteiger partial charge in [0.15, 0.2) is 0 Å². The van der Waals surface area contributed by atoms with Gasteiger partial charge in [0.1, 0.15) is 0 Å². The van der Waals surface area contributed by atoms with Crippen molar-refractivity contribution in [2.75, 3.05) is 0 Å². The topological polar surface area (TPSA) is 25.8 Å². The highest BCUT2D eigenvalue weighted by molar-refractivity contribution is 5.26. The molecule has 0 N–H and O–H groups in total. The highest BCUT2D eigenvalue weighted by Crippen LogP contribution is 2.16. The molecular formula is C13H13N2. The summed E-state index contributed by atoms with van der Waals surface area (Å²) in [4.78, 5) is 8.42. The van der Waals surface area contributed by atoms with Gasteiger partial charge in [-0.05, 0) is 30.2 Å². The predicted molar refractivity (Wildman–Crippen MR) is 60.2 cm³/mol. The molecule has 2 heterocycles. The van der Waals surface area contributed by atoms with E-state index in [2.05, 4.69) is 23.0 Å². The zero-order valence-electron chi connectivity index (χ0n) is 8.72. The molecule has 0 aliphatic carbocycles. The van der Waals surface area contributed by atoms with E-state index >= 15 is 0 Å². The average molecular weight is 197 g/mol. The lowest BCUT2D eigenvalue weighted by Gasteiger charge is -2.09. The number of pyridine rings is 2. The van der Waals surface area contributed by atoms with E-state index in [0.717, 1.165) is 12.1 Å². The van der Waals surface area contributed by atoms with Gasteiger partial charge in [-0.2, -0.15) is 0 Å². The van der Waals surface area contributed by atoms with Crippen molar-refractivity contribution in [3.63, 3.8) is 0 Å². The molecule has 0 fully saturated rings. The fourth-order valence-corrected chi connectivity index (χ4v) is 1.51. The summed E-state index contributed by atoms with van der Waals surface area (Å²) in [5.41, 5.74) is 2.28. The average Bonchev–Trinajstić information content (AvgIpc) is 2.31. The van der Waals surface area contributed by atoms with Crippen LogP contribution in [-0.2, 0) is 6.42 Å². The van der Waals surface area contributed by atoms with E-state index in [0.29, 0.717) is 0 Å². The van der Waals surface area contributed by atoms with E-state index < -0.39 is 0 Å². The Hall–Kier alpha value is -1.70. The smallest absolute Gasteiger partial charge is 0.0475 e. The third-order valence-electron chi connectivity index (χ3n) is 2.29. The van der Waals surface area contributed by atoms with Crippen molar-refractivity contribution in [1.82, 2.24) is 9.97 Å². The van der Waals surface area contributed by atoms with Crippen molar-refractivity contribution in [2.24, 2.45) is 0 Å². The van der Waals surface area contributed by atoms with Crippen molar-refractivity contribution >= 4 is 0 Å². The van der Waals surface area contributed by atoms with Crippen molar-refractivity contribution in [3.05, 3.63) is 66.1 Å². The van der Waals surface area contributed by atoms with E-state index in [4.69, 9.17) is 0 Å². The second-order valence-electron chi connectivity index (χ2n) is 3.53. The van der Waals surface area contributed by atoms with Crippen LogP contribution in [-0.4, -0.2) is 9.97 Å². The normalized spacial score (nSPS) is 10.5. The largest absolute Gasteiger partial charge is 0.264 e.